The minimum atomic E-state index is -0.131. The number of primary amides is 1. The summed E-state index contributed by atoms with van der Waals surface area (Å²) >= 11 is 0. The van der Waals surface area contributed by atoms with Crippen LogP contribution in [0.2, 0.25) is 0 Å². The van der Waals surface area contributed by atoms with E-state index in [1.165, 1.54) is 16.7 Å². The van der Waals surface area contributed by atoms with Crippen molar-refractivity contribution in [1.29, 1.82) is 0 Å². The maximum atomic E-state index is 11.1. The van der Waals surface area contributed by atoms with E-state index in [4.69, 9.17) is 5.73 Å². The summed E-state index contributed by atoms with van der Waals surface area (Å²) in [5.41, 5.74) is 9.45. The van der Waals surface area contributed by atoms with Crippen LogP contribution in [0.15, 0.2) is 18.2 Å². The average molecular weight is 260 g/mol. The van der Waals surface area contributed by atoms with E-state index in [1.807, 2.05) is 0 Å². The van der Waals surface area contributed by atoms with Gasteiger partial charge in [0.05, 0.1) is 0 Å². The van der Waals surface area contributed by atoms with E-state index >= 15 is 0 Å². The third-order valence-corrected chi connectivity index (χ3v) is 4.34. The molecule has 1 aliphatic carbocycles. The first-order chi connectivity index (χ1) is 9.08. The molecule has 0 bridgehead atoms. The molecule has 3 heteroatoms. The van der Waals surface area contributed by atoms with Gasteiger partial charge in [0.1, 0.15) is 0 Å². The van der Waals surface area contributed by atoms with Crippen LogP contribution in [-0.4, -0.2) is 11.9 Å². The number of hydrogen-bond donors (Lipinski definition) is 2. The Morgan fingerprint density at radius 1 is 1.21 bits per heavy atom. The molecule has 1 amide bonds. The van der Waals surface area contributed by atoms with Gasteiger partial charge < -0.3 is 11.1 Å². The Bertz CT molecular complexity index is 428. The molecule has 0 spiro atoms. The molecular formula is C16H24N2O. The molecule has 0 saturated heterocycles. The molecule has 3 N–H and O–H groups in total. The molecule has 104 valence electrons. The van der Waals surface area contributed by atoms with E-state index in [0.717, 1.165) is 32.2 Å². The summed E-state index contributed by atoms with van der Waals surface area (Å²) in [5, 5.41) is 3.63. The fourth-order valence-corrected chi connectivity index (χ4v) is 2.96. The van der Waals surface area contributed by atoms with Crippen molar-refractivity contribution in [3.63, 3.8) is 0 Å². The normalized spacial score (nSPS) is 23.3. The van der Waals surface area contributed by atoms with Crippen LogP contribution in [0.3, 0.4) is 0 Å². The highest BCUT2D eigenvalue weighted by Gasteiger charge is 2.24. The first kappa shape index (κ1) is 14.1. The quantitative estimate of drug-likeness (QED) is 0.873. The number of amides is 1. The van der Waals surface area contributed by atoms with Gasteiger partial charge in [-0.25, -0.2) is 0 Å². The first-order valence-corrected chi connectivity index (χ1v) is 7.15. The minimum absolute atomic E-state index is 0.0956. The second-order valence-electron chi connectivity index (χ2n) is 5.70. The monoisotopic (exact) mass is 260 g/mol. The fraction of sp³-hybridized carbons (Fsp3) is 0.562. The SMILES string of the molecule is Cc1cccc(C)c1CNC1CCC(C(N)=O)CC1. The van der Waals surface area contributed by atoms with Gasteiger partial charge in [0.25, 0.3) is 0 Å². The number of carbonyl (C=O) groups excluding carboxylic acids is 1. The van der Waals surface area contributed by atoms with E-state index < -0.39 is 0 Å². The summed E-state index contributed by atoms with van der Waals surface area (Å²) in [6, 6.07) is 6.95. The highest BCUT2D eigenvalue weighted by atomic mass is 16.1. The lowest BCUT2D eigenvalue weighted by atomic mass is 9.85. The lowest BCUT2D eigenvalue weighted by molar-refractivity contribution is -0.122. The van der Waals surface area contributed by atoms with Crippen molar-refractivity contribution < 1.29 is 4.79 Å². The zero-order valence-electron chi connectivity index (χ0n) is 11.9. The summed E-state index contributed by atoms with van der Waals surface area (Å²) in [4.78, 5) is 11.1. The van der Waals surface area contributed by atoms with Crippen molar-refractivity contribution in [3.8, 4) is 0 Å². The summed E-state index contributed by atoms with van der Waals surface area (Å²) < 4.78 is 0. The number of aryl methyl sites for hydroxylation is 2. The molecule has 1 saturated carbocycles. The molecule has 1 aromatic rings. The molecular weight excluding hydrogens is 236 g/mol. The topological polar surface area (TPSA) is 55.1 Å². The highest BCUT2D eigenvalue weighted by Crippen LogP contribution is 2.24. The number of nitrogens with one attached hydrogen (secondary N) is 1. The van der Waals surface area contributed by atoms with Crippen molar-refractivity contribution in [3.05, 3.63) is 34.9 Å². The Hall–Kier alpha value is -1.35. The molecule has 1 fully saturated rings. The molecule has 0 aromatic heterocycles. The third-order valence-electron chi connectivity index (χ3n) is 4.34. The molecule has 3 nitrogen and oxygen atoms in total. The van der Waals surface area contributed by atoms with Crippen molar-refractivity contribution in [2.45, 2.75) is 52.1 Å². The third kappa shape index (κ3) is 3.57. The molecule has 1 aliphatic rings. The Balaban J connectivity index is 1.86. The van der Waals surface area contributed by atoms with Crippen LogP contribution < -0.4 is 11.1 Å². The average Bonchev–Trinajstić information content (AvgIpc) is 2.38. The van der Waals surface area contributed by atoms with Gasteiger partial charge in [-0.1, -0.05) is 18.2 Å². The Morgan fingerprint density at radius 3 is 2.32 bits per heavy atom. The number of rotatable bonds is 4. The number of benzene rings is 1. The zero-order chi connectivity index (χ0) is 13.8. The summed E-state index contributed by atoms with van der Waals surface area (Å²) in [6.45, 7) is 5.24. The van der Waals surface area contributed by atoms with Gasteiger partial charge in [-0.05, 0) is 56.2 Å². The first-order valence-electron chi connectivity index (χ1n) is 7.15. The van der Waals surface area contributed by atoms with Crippen LogP contribution in [0.5, 0.6) is 0 Å². The van der Waals surface area contributed by atoms with E-state index in [2.05, 4.69) is 37.4 Å². The smallest absolute Gasteiger partial charge is 0.220 e. The molecule has 0 unspecified atom stereocenters. The molecule has 0 atom stereocenters. The maximum absolute atomic E-state index is 11.1. The van der Waals surface area contributed by atoms with Crippen LogP contribution in [-0.2, 0) is 11.3 Å². The Morgan fingerprint density at radius 2 is 1.79 bits per heavy atom. The van der Waals surface area contributed by atoms with Gasteiger partial charge in [-0.15, -0.1) is 0 Å². The van der Waals surface area contributed by atoms with Crippen LogP contribution in [0.25, 0.3) is 0 Å². The number of carbonyl (C=O) groups is 1. The van der Waals surface area contributed by atoms with Crippen LogP contribution in [0.1, 0.15) is 42.4 Å². The van der Waals surface area contributed by atoms with Gasteiger partial charge >= 0.3 is 0 Å². The van der Waals surface area contributed by atoms with Crippen molar-refractivity contribution in [2.75, 3.05) is 0 Å². The molecule has 2 rings (SSSR count). The fourth-order valence-electron chi connectivity index (χ4n) is 2.96. The number of hydrogen-bond acceptors (Lipinski definition) is 2. The summed E-state index contributed by atoms with van der Waals surface area (Å²) in [6.07, 6.45) is 3.97. The van der Waals surface area contributed by atoms with Crippen LogP contribution >= 0.6 is 0 Å². The van der Waals surface area contributed by atoms with Crippen LogP contribution in [0, 0.1) is 19.8 Å². The van der Waals surface area contributed by atoms with Crippen molar-refractivity contribution in [1.82, 2.24) is 5.32 Å². The van der Waals surface area contributed by atoms with E-state index in [1.54, 1.807) is 0 Å². The largest absolute Gasteiger partial charge is 0.369 e. The lowest BCUT2D eigenvalue weighted by Gasteiger charge is -2.28. The second-order valence-corrected chi connectivity index (χ2v) is 5.70. The molecule has 0 aliphatic heterocycles. The Labute approximate surface area is 115 Å². The highest BCUT2D eigenvalue weighted by molar-refractivity contribution is 5.76. The van der Waals surface area contributed by atoms with E-state index in [0.29, 0.717) is 6.04 Å². The molecule has 0 radical (unpaired) electrons. The number of nitrogens with two attached hydrogens (primary N) is 1. The maximum Gasteiger partial charge on any atom is 0.220 e. The molecule has 1 aromatic carbocycles. The second kappa shape index (κ2) is 6.20. The van der Waals surface area contributed by atoms with E-state index in [-0.39, 0.29) is 11.8 Å². The summed E-state index contributed by atoms with van der Waals surface area (Å²) in [7, 11) is 0. The standard InChI is InChI=1S/C16H24N2O/c1-11-4-3-5-12(2)15(11)10-18-14-8-6-13(7-9-14)16(17)19/h3-5,13-14,18H,6-10H2,1-2H3,(H2,17,19). The summed E-state index contributed by atoms with van der Waals surface area (Å²) in [5.74, 6) is -0.0357. The van der Waals surface area contributed by atoms with Crippen molar-refractivity contribution in [2.24, 2.45) is 11.7 Å². The van der Waals surface area contributed by atoms with Gasteiger partial charge in [-0.3, -0.25) is 4.79 Å². The van der Waals surface area contributed by atoms with Crippen molar-refractivity contribution >= 4 is 5.91 Å². The molecule has 19 heavy (non-hydrogen) atoms. The van der Waals surface area contributed by atoms with Crippen LogP contribution in [0.4, 0.5) is 0 Å². The molecule has 0 heterocycles. The van der Waals surface area contributed by atoms with Gasteiger partial charge in [-0.2, -0.15) is 0 Å². The van der Waals surface area contributed by atoms with Gasteiger partial charge in [0, 0.05) is 18.5 Å². The van der Waals surface area contributed by atoms with E-state index in [9.17, 15) is 4.79 Å². The lowest BCUT2D eigenvalue weighted by Crippen LogP contribution is -2.36. The Kier molecular flexibility index (Phi) is 4.59. The predicted molar refractivity (Wildman–Crippen MR) is 77.7 cm³/mol. The minimum Gasteiger partial charge on any atom is -0.369 e. The predicted octanol–water partition coefficient (Wildman–Crippen LogP) is 2.44. The van der Waals surface area contributed by atoms with Gasteiger partial charge in [0.15, 0.2) is 0 Å². The van der Waals surface area contributed by atoms with Gasteiger partial charge in [0.2, 0.25) is 5.91 Å². The zero-order valence-corrected chi connectivity index (χ0v) is 11.9.